The van der Waals surface area contributed by atoms with Crippen LogP contribution < -0.4 is 11.5 Å². The molecule has 4 heteroatoms. The van der Waals surface area contributed by atoms with E-state index >= 15 is 0 Å². The molecule has 1 aromatic rings. The zero-order valence-corrected chi connectivity index (χ0v) is 5.78. The van der Waals surface area contributed by atoms with Crippen LogP contribution in [0.15, 0.2) is 12.4 Å². The fourth-order valence-electron chi connectivity index (χ4n) is 0.637. The van der Waals surface area contributed by atoms with Gasteiger partial charge < -0.3 is 11.5 Å². The Hall–Kier alpha value is -1.16. The topological polar surface area (TPSA) is 77.8 Å². The van der Waals surface area contributed by atoms with Crippen molar-refractivity contribution in [1.29, 1.82) is 0 Å². The van der Waals surface area contributed by atoms with Gasteiger partial charge in [-0.1, -0.05) is 0 Å². The van der Waals surface area contributed by atoms with Gasteiger partial charge in [0.1, 0.15) is 12.1 Å². The minimum atomic E-state index is -0.0784. The second kappa shape index (κ2) is 2.62. The van der Waals surface area contributed by atoms with Crippen molar-refractivity contribution in [3.05, 3.63) is 18.1 Å². The molecule has 54 valence electrons. The molecule has 1 atom stereocenters. The van der Waals surface area contributed by atoms with Crippen molar-refractivity contribution < 1.29 is 0 Å². The molecule has 0 aliphatic heterocycles. The molecule has 1 unspecified atom stereocenters. The maximum absolute atomic E-state index is 5.54. The van der Waals surface area contributed by atoms with Gasteiger partial charge in [-0.05, 0) is 6.92 Å². The van der Waals surface area contributed by atoms with Crippen LogP contribution in [0.25, 0.3) is 0 Å². The highest BCUT2D eigenvalue weighted by Crippen LogP contribution is 2.06. The predicted molar refractivity (Wildman–Crippen MR) is 39.0 cm³/mol. The summed E-state index contributed by atoms with van der Waals surface area (Å²) >= 11 is 0. The zero-order valence-electron chi connectivity index (χ0n) is 5.78. The molecule has 0 amide bonds. The van der Waals surface area contributed by atoms with Crippen molar-refractivity contribution in [2.75, 3.05) is 5.73 Å². The molecule has 4 nitrogen and oxygen atoms in total. The van der Waals surface area contributed by atoms with Crippen LogP contribution in [0.2, 0.25) is 0 Å². The molecular formula is C6H10N4. The molecule has 0 aliphatic rings. The summed E-state index contributed by atoms with van der Waals surface area (Å²) in [6, 6.07) is 1.59. The van der Waals surface area contributed by atoms with E-state index in [1.165, 1.54) is 6.33 Å². The van der Waals surface area contributed by atoms with E-state index in [0.29, 0.717) is 5.82 Å². The number of anilines is 1. The van der Waals surface area contributed by atoms with Gasteiger partial charge in [-0.15, -0.1) is 0 Å². The van der Waals surface area contributed by atoms with Gasteiger partial charge in [0.25, 0.3) is 0 Å². The molecule has 0 bridgehead atoms. The first-order chi connectivity index (χ1) is 4.70. The van der Waals surface area contributed by atoms with Crippen LogP contribution in [0.3, 0.4) is 0 Å². The summed E-state index contributed by atoms with van der Waals surface area (Å²) in [7, 11) is 0. The highest BCUT2D eigenvalue weighted by molar-refractivity contribution is 5.28. The van der Waals surface area contributed by atoms with Crippen molar-refractivity contribution in [2.24, 2.45) is 5.73 Å². The van der Waals surface area contributed by atoms with E-state index in [9.17, 15) is 0 Å². The van der Waals surface area contributed by atoms with Gasteiger partial charge in [-0.3, -0.25) is 0 Å². The Balaban J connectivity index is 2.96. The monoisotopic (exact) mass is 138 g/mol. The number of nitrogens with two attached hydrogens (primary N) is 2. The third-order valence-corrected chi connectivity index (χ3v) is 1.18. The largest absolute Gasteiger partial charge is 0.384 e. The Kier molecular flexibility index (Phi) is 1.82. The number of nitrogen functional groups attached to an aromatic ring is 1. The molecule has 0 aromatic carbocycles. The molecule has 0 saturated heterocycles. The first-order valence-corrected chi connectivity index (χ1v) is 3.03. The van der Waals surface area contributed by atoms with Gasteiger partial charge in [0.15, 0.2) is 0 Å². The quantitative estimate of drug-likeness (QED) is 0.576. The lowest BCUT2D eigenvalue weighted by atomic mass is 10.2. The predicted octanol–water partition coefficient (Wildman–Crippen LogP) is 0.0785. The highest BCUT2D eigenvalue weighted by Gasteiger charge is 1.99. The molecule has 10 heavy (non-hydrogen) atoms. The Labute approximate surface area is 59.3 Å². The number of aromatic nitrogens is 2. The Morgan fingerprint density at radius 1 is 1.50 bits per heavy atom. The molecule has 0 radical (unpaired) electrons. The fraction of sp³-hybridized carbons (Fsp3) is 0.333. The van der Waals surface area contributed by atoms with Crippen molar-refractivity contribution in [3.8, 4) is 0 Å². The second-order valence-corrected chi connectivity index (χ2v) is 2.16. The minimum absolute atomic E-state index is 0.0784. The minimum Gasteiger partial charge on any atom is -0.384 e. The van der Waals surface area contributed by atoms with E-state index < -0.39 is 0 Å². The molecule has 0 spiro atoms. The third kappa shape index (κ3) is 1.41. The van der Waals surface area contributed by atoms with Crippen molar-refractivity contribution >= 4 is 5.82 Å². The van der Waals surface area contributed by atoms with E-state index in [-0.39, 0.29) is 6.04 Å². The maximum Gasteiger partial charge on any atom is 0.127 e. The van der Waals surface area contributed by atoms with Gasteiger partial charge in [0.2, 0.25) is 0 Å². The SMILES string of the molecule is CC(N)c1cc(N)ncn1. The van der Waals surface area contributed by atoms with Crippen LogP contribution >= 0.6 is 0 Å². The smallest absolute Gasteiger partial charge is 0.127 e. The average Bonchev–Trinajstić information content (AvgIpc) is 1.88. The Morgan fingerprint density at radius 3 is 2.60 bits per heavy atom. The summed E-state index contributed by atoms with van der Waals surface area (Å²) in [5.41, 5.74) is 11.7. The lowest BCUT2D eigenvalue weighted by Crippen LogP contribution is -2.08. The van der Waals surface area contributed by atoms with Gasteiger partial charge in [-0.25, -0.2) is 9.97 Å². The number of nitrogens with zero attached hydrogens (tertiary/aromatic N) is 2. The molecule has 0 aliphatic carbocycles. The van der Waals surface area contributed by atoms with E-state index in [4.69, 9.17) is 11.5 Å². The summed E-state index contributed by atoms with van der Waals surface area (Å²) in [6.07, 6.45) is 1.41. The van der Waals surface area contributed by atoms with Crippen LogP contribution in [-0.4, -0.2) is 9.97 Å². The normalized spacial score (nSPS) is 13.0. The van der Waals surface area contributed by atoms with Crippen molar-refractivity contribution in [1.82, 2.24) is 9.97 Å². The number of hydrogen-bond acceptors (Lipinski definition) is 4. The van der Waals surface area contributed by atoms with Crippen LogP contribution in [0.4, 0.5) is 5.82 Å². The van der Waals surface area contributed by atoms with Crippen molar-refractivity contribution in [3.63, 3.8) is 0 Å². The van der Waals surface area contributed by atoms with Gasteiger partial charge >= 0.3 is 0 Å². The lowest BCUT2D eigenvalue weighted by Gasteiger charge is -2.02. The van der Waals surface area contributed by atoms with Crippen LogP contribution in [-0.2, 0) is 0 Å². The fourth-order valence-corrected chi connectivity index (χ4v) is 0.637. The molecule has 4 N–H and O–H groups in total. The lowest BCUT2D eigenvalue weighted by molar-refractivity contribution is 0.776. The van der Waals surface area contributed by atoms with E-state index in [2.05, 4.69) is 9.97 Å². The Morgan fingerprint density at radius 2 is 2.20 bits per heavy atom. The summed E-state index contributed by atoms with van der Waals surface area (Å²) in [6.45, 7) is 1.85. The molecular weight excluding hydrogens is 128 g/mol. The summed E-state index contributed by atoms with van der Waals surface area (Å²) in [4.78, 5) is 7.66. The zero-order chi connectivity index (χ0) is 7.56. The molecule has 1 aromatic heterocycles. The summed E-state index contributed by atoms with van der Waals surface area (Å²) in [5.74, 6) is 0.460. The van der Waals surface area contributed by atoms with Crippen LogP contribution in [0.1, 0.15) is 18.7 Å². The molecule has 0 fully saturated rings. The summed E-state index contributed by atoms with van der Waals surface area (Å²) < 4.78 is 0. The average molecular weight is 138 g/mol. The third-order valence-electron chi connectivity index (χ3n) is 1.18. The Bertz CT molecular complexity index is 221. The second-order valence-electron chi connectivity index (χ2n) is 2.16. The number of hydrogen-bond donors (Lipinski definition) is 2. The molecule has 1 heterocycles. The molecule has 0 saturated carbocycles. The van der Waals surface area contributed by atoms with E-state index in [1.54, 1.807) is 6.07 Å². The first kappa shape index (κ1) is 6.95. The van der Waals surface area contributed by atoms with Gasteiger partial charge in [0, 0.05) is 12.1 Å². The maximum atomic E-state index is 5.54. The summed E-state index contributed by atoms with van der Waals surface area (Å²) in [5, 5.41) is 0. The molecule has 1 rings (SSSR count). The van der Waals surface area contributed by atoms with E-state index in [1.807, 2.05) is 6.92 Å². The van der Waals surface area contributed by atoms with Crippen LogP contribution in [0, 0.1) is 0 Å². The van der Waals surface area contributed by atoms with Crippen molar-refractivity contribution in [2.45, 2.75) is 13.0 Å². The van der Waals surface area contributed by atoms with Crippen LogP contribution in [0.5, 0.6) is 0 Å². The van der Waals surface area contributed by atoms with Gasteiger partial charge in [0.05, 0.1) is 5.69 Å². The first-order valence-electron chi connectivity index (χ1n) is 3.03. The van der Waals surface area contributed by atoms with E-state index in [0.717, 1.165) is 5.69 Å². The standard InChI is InChI=1S/C6H10N4/c1-4(7)5-2-6(8)10-3-9-5/h2-4H,7H2,1H3,(H2,8,9,10). The highest BCUT2D eigenvalue weighted by atomic mass is 14.9. The number of rotatable bonds is 1. The van der Waals surface area contributed by atoms with Gasteiger partial charge in [-0.2, -0.15) is 0 Å².